The van der Waals surface area contributed by atoms with E-state index >= 15 is 0 Å². The Kier molecular flexibility index (Phi) is 18.1. The van der Waals surface area contributed by atoms with Crippen LogP contribution in [0.2, 0.25) is 0 Å². The van der Waals surface area contributed by atoms with Gasteiger partial charge in [-0.1, -0.05) is 142 Å². The van der Waals surface area contributed by atoms with E-state index in [0.717, 1.165) is 61.0 Å². The molecule has 0 heterocycles. The normalized spacial score (nSPS) is 27.9. The lowest BCUT2D eigenvalue weighted by molar-refractivity contribution is 0.0135. The Morgan fingerprint density at radius 2 is 1.71 bits per heavy atom. The predicted molar refractivity (Wildman–Crippen MR) is 225 cm³/mol. The zero-order chi connectivity index (χ0) is 37.6. The van der Waals surface area contributed by atoms with E-state index in [1.807, 2.05) is 19.2 Å². The molecule has 0 spiro atoms. The maximum Gasteiger partial charge on any atom is 0.0608 e. The second kappa shape index (κ2) is 21.2. The van der Waals surface area contributed by atoms with Gasteiger partial charge < -0.3 is 16.2 Å². The van der Waals surface area contributed by atoms with Crippen molar-refractivity contribution < 1.29 is 4.74 Å². The van der Waals surface area contributed by atoms with Crippen LogP contribution in [0.5, 0.6) is 0 Å². The van der Waals surface area contributed by atoms with Crippen LogP contribution in [0.3, 0.4) is 0 Å². The van der Waals surface area contributed by atoms with Crippen molar-refractivity contribution in [2.45, 2.75) is 177 Å². The zero-order valence-electron chi connectivity index (χ0n) is 35.1. The van der Waals surface area contributed by atoms with Crippen molar-refractivity contribution in [3.05, 3.63) is 65.3 Å². The number of allylic oxidation sites excluding steroid dienone is 3. The van der Waals surface area contributed by atoms with Crippen molar-refractivity contribution in [2.75, 3.05) is 12.8 Å². The van der Waals surface area contributed by atoms with Gasteiger partial charge in [-0.15, -0.1) is 0 Å². The topological polar surface area (TPSA) is 61.3 Å². The molecule has 4 N–H and O–H groups in total. The predicted octanol–water partition coefficient (Wildman–Crippen LogP) is 13.3. The Morgan fingerprint density at radius 3 is 2.35 bits per heavy atom. The smallest absolute Gasteiger partial charge is 0.0608 e. The van der Waals surface area contributed by atoms with E-state index in [4.69, 9.17) is 16.2 Å². The summed E-state index contributed by atoms with van der Waals surface area (Å²) in [5, 5.41) is 0. The van der Waals surface area contributed by atoms with Gasteiger partial charge in [0.1, 0.15) is 0 Å². The van der Waals surface area contributed by atoms with Crippen molar-refractivity contribution in [2.24, 2.45) is 52.1 Å². The maximum absolute atomic E-state index is 5.92. The summed E-state index contributed by atoms with van der Waals surface area (Å²) in [5.41, 5.74) is 18.0. The van der Waals surface area contributed by atoms with Crippen LogP contribution in [0.4, 0.5) is 5.69 Å². The number of hydrogen-bond donors (Lipinski definition) is 2. The Morgan fingerprint density at radius 1 is 0.980 bits per heavy atom. The molecule has 1 fully saturated rings. The van der Waals surface area contributed by atoms with Gasteiger partial charge in [0.25, 0.3) is 0 Å². The average Bonchev–Trinajstić information content (AvgIpc) is 3.29. The van der Waals surface area contributed by atoms with Gasteiger partial charge in [-0.2, -0.15) is 0 Å². The van der Waals surface area contributed by atoms with Gasteiger partial charge in [0.05, 0.1) is 6.10 Å². The van der Waals surface area contributed by atoms with Crippen molar-refractivity contribution >= 4 is 5.69 Å². The van der Waals surface area contributed by atoms with Gasteiger partial charge >= 0.3 is 0 Å². The number of nitrogens with two attached hydrogens (primary N) is 2. The lowest BCUT2D eigenvalue weighted by atomic mass is 9.54. The van der Waals surface area contributed by atoms with Gasteiger partial charge in [-0.3, -0.25) is 0 Å². The first-order chi connectivity index (χ1) is 24.2. The first-order valence-electron chi connectivity index (χ1n) is 21.4. The summed E-state index contributed by atoms with van der Waals surface area (Å²) in [6.07, 6.45) is 30.1. The molecular weight excluding hydrogens is 621 g/mol. The van der Waals surface area contributed by atoms with Gasteiger partial charge in [0.15, 0.2) is 0 Å². The number of hydrogen-bond acceptors (Lipinski definition) is 3. The summed E-state index contributed by atoms with van der Waals surface area (Å²) in [5.74, 6) is 4.86. The van der Waals surface area contributed by atoms with Crippen LogP contribution >= 0.6 is 0 Å². The molecule has 1 saturated carbocycles. The minimum absolute atomic E-state index is 0.199. The van der Waals surface area contributed by atoms with Crippen LogP contribution in [0, 0.1) is 46.3 Å². The zero-order valence-corrected chi connectivity index (χ0v) is 35.1. The minimum Gasteiger partial charge on any atom is -0.399 e. The summed E-state index contributed by atoms with van der Waals surface area (Å²) < 4.78 is 5.77. The van der Waals surface area contributed by atoms with Crippen LogP contribution in [-0.4, -0.2) is 19.3 Å². The highest BCUT2D eigenvalue weighted by Gasteiger charge is 2.46. The fourth-order valence-corrected chi connectivity index (χ4v) is 10.7. The summed E-state index contributed by atoms with van der Waals surface area (Å²) >= 11 is 0. The summed E-state index contributed by atoms with van der Waals surface area (Å²) in [6, 6.07) is 8.42. The van der Waals surface area contributed by atoms with Gasteiger partial charge in [0.2, 0.25) is 0 Å². The monoisotopic (exact) mass is 703 g/mol. The van der Waals surface area contributed by atoms with Crippen LogP contribution in [0.25, 0.3) is 0 Å². The van der Waals surface area contributed by atoms with Crippen molar-refractivity contribution in [3.63, 3.8) is 0 Å². The van der Waals surface area contributed by atoms with Gasteiger partial charge in [-0.05, 0) is 135 Å². The molecular formula is C48H82N2O. The number of fused-ring (bicyclic) bond motifs is 1. The number of benzene rings is 1. The van der Waals surface area contributed by atoms with E-state index in [1.54, 1.807) is 5.57 Å². The third-order valence-corrected chi connectivity index (χ3v) is 13.7. The molecule has 3 nitrogen and oxygen atoms in total. The number of anilines is 1. The maximum atomic E-state index is 5.92. The Hall–Kier alpha value is -1.84. The largest absolute Gasteiger partial charge is 0.399 e. The standard InChI is InChI=1S/C31H58O.C17H24N2/c1-10-19-30(7,28(11-2)24(5)14-12-13-23(3)4)20-18-29-25(6)15-16-26-22-27(32-9)17-21-31(26,29)8;1-13(12-15-6-9-17(19)10-7-15)11-14-3-2-4-16(18)8-5-14/h16,23-25,27-29H,10-15,17-22H2,1-9H3;2,4-7,9-10,13,16H,3,8,11-12,18-19H2,1H3. The lowest BCUT2D eigenvalue weighted by Gasteiger charge is -2.51. The van der Waals surface area contributed by atoms with E-state index in [9.17, 15) is 0 Å². The highest BCUT2D eigenvalue weighted by Crippen LogP contribution is 2.56. The number of nitrogen functional groups attached to an aromatic ring is 1. The Labute approximate surface area is 316 Å². The minimum atomic E-state index is 0.199. The highest BCUT2D eigenvalue weighted by atomic mass is 16.5. The van der Waals surface area contributed by atoms with Crippen LogP contribution in [0.15, 0.2) is 59.7 Å². The summed E-state index contributed by atoms with van der Waals surface area (Å²) in [4.78, 5) is 0. The van der Waals surface area contributed by atoms with E-state index in [-0.39, 0.29) is 6.04 Å². The average molecular weight is 703 g/mol. The third-order valence-electron chi connectivity index (χ3n) is 13.7. The van der Waals surface area contributed by atoms with Crippen molar-refractivity contribution in [1.82, 2.24) is 0 Å². The van der Waals surface area contributed by atoms with Crippen LogP contribution in [0.1, 0.15) is 164 Å². The van der Waals surface area contributed by atoms with Crippen molar-refractivity contribution in [1.29, 1.82) is 0 Å². The van der Waals surface area contributed by atoms with E-state index in [0.29, 0.717) is 22.9 Å². The molecule has 0 saturated heterocycles. The molecule has 0 bridgehead atoms. The van der Waals surface area contributed by atoms with E-state index < -0.39 is 0 Å². The third kappa shape index (κ3) is 13.2. The molecule has 3 aliphatic carbocycles. The van der Waals surface area contributed by atoms with Crippen LogP contribution in [-0.2, 0) is 11.2 Å². The van der Waals surface area contributed by atoms with Crippen LogP contribution < -0.4 is 11.5 Å². The highest BCUT2D eigenvalue weighted by molar-refractivity contribution is 5.39. The fourth-order valence-electron chi connectivity index (χ4n) is 10.7. The molecule has 1 aromatic rings. The fraction of sp³-hybridized carbons (Fsp3) is 0.750. The molecule has 0 amide bonds. The Balaban J connectivity index is 0.000000313. The number of methoxy groups -OCH3 is 1. The molecule has 1 aromatic carbocycles. The molecule has 9 unspecified atom stereocenters. The second-order valence-corrected chi connectivity index (χ2v) is 18.5. The molecule has 0 aliphatic heterocycles. The lowest BCUT2D eigenvalue weighted by Crippen LogP contribution is -2.43. The Bertz CT molecular complexity index is 1230. The first-order valence-corrected chi connectivity index (χ1v) is 21.4. The summed E-state index contributed by atoms with van der Waals surface area (Å²) in [6.45, 7) is 22.3. The molecule has 4 rings (SSSR count). The second-order valence-electron chi connectivity index (χ2n) is 18.5. The SMILES string of the molecule is CC(CC1=CCC(N)C=CC1)Cc1ccc(N)cc1.CCCC(C)(CCC1C(C)CC=C2CC(OC)CCC21C)C(CC)C(C)CCCC(C)C. The van der Waals surface area contributed by atoms with Gasteiger partial charge in [-0.25, -0.2) is 0 Å². The quantitative estimate of drug-likeness (QED) is 0.125. The molecule has 290 valence electrons. The van der Waals surface area contributed by atoms with Gasteiger partial charge in [0, 0.05) is 18.8 Å². The molecule has 3 heteroatoms. The van der Waals surface area contributed by atoms with Crippen molar-refractivity contribution in [3.8, 4) is 0 Å². The number of rotatable bonds is 17. The summed E-state index contributed by atoms with van der Waals surface area (Å²) in [7, 11) is 1.90. The molecule has 9 atom stereocenters. The number of ether oxygens (including phenoxy) is 1. The van der Waals surface area contributed by atoms with E-state index in [2.05, 4.69) is 98.8 Å². The molecule has 51 heavy (non-hydrogen) atoms. The molecule has 0 radical (unpaired) electrons. The first kappa shape index (κ1) is 43.6. The molecule has 0 aromatic heterocycles. The molecule has 3 aliphatic rings. The van der Waals surface area contributed by atoms with E-state index in [1.165, 1.54) is 88.2 Å².